The average molecular weight is 375 g/mol. The van der Waals surface area contributed by atoms with E-state index in [9.17, 15) is 13.2 Å². The van der Waals surface area contributed by atoms with Gasteiger partial charge in [-0.05, 0) is 38.3 Å². The van der Waals surface area contributed by atoms with Gasteiger partial charge in [-0.2, -0.15) is 0 Å². The summed E-state index contributed by atoms with van der Waals surface area (Å²) in [6.07, 6.45) is 1.39. The molecule has 2 aliphatic rings. The van der Waals surface area contributed by atoms with Crippen LogP contribution in [0.25, 0.3) is 10.9 Å². The second-order valence-electron chi connectivity index (χ2n) is 7.91. The minimum Gasteiger partial charge on any atom is -0.357 e. The van der Waals surface area contributed by atoms with Crippen molar-refractivity contribution in [3.8, 4) is 0 Å². The summed E-state index contributed by atoms with van der Waals surface area (Å²) in [5.74, 6) is 0.0893. The summed E-state index contributed by atoms with van der Waals surface area (Å²) in [7, 11) is -3.03. The van der Waals surface area contributed by atoms with Crippen molar-refractivity contribution in [2.75, 3.05) is 24.6 Å². The predicted molar refractivity (Wildman–Crippen MR) is 102 cm³/mol. The van der Waals surface area contributed by atoms with Crippen LogP contribution in [0.5, 0.6) is 0 Å². The van der Waals surface area contributed by atoms with Gasteiger partial charge in [-0.25, -0.2) is 8.42 Å². The number of benzene rings is 1. The molecule has 1 aromatic carbocycles. The van der Waals surface area contributed by atoms with Crippen molar-refractivity contribution < 1.29 is 13.2 Å². The van der Waals surface area contributed by atoms with Gasteiger partial charge in [0.2, 0.25) is 5.91 Å². The molecule has 2 atom stereocenters. The first kappa shape index (κ1) is 17.5. The molecule has 2 unspecified atom stereocenters. The van der Waals surface area contributed by atoms with Crippen LogP contribution in [0.4, 0.5) is 0 Å². The van der Waals surface area contributed by atoms with E-state index in [0.717, 1.165) is 18.5 Å². The maximum absolute atomic E-state index is 12.6. The third-order valence-corrected chi connectivity index (χ3v) is 7.66. The van der Waals surface area contributed by atoms with E-state index >= 15 is 0 Å². The molecule has 26 heavy (non-hydrogen) atoms. The van der Waals surface area contributed by atoms with Crippen molar-refractivity contribution in [2.45, 2.75) is 38.3 Å². The average Bonchev–Trinajstić information content (AvgIpc) is 3.07. The van der Waals surface area contributed by atoms with E-state index in [1.165, 1.54) is 16.6 Å². The van der Waals surface area contributed by atoms with Crippen LogP contribution in [0.15, 0.2) is 24.3 Å². The molecule has 1 saturated heterocycles. The molecule has 0 aliphatic carbocycles. The fourth-order valence-electron chi connectivity index (χ4n) is 4.36. The van der Waals surface area contributed by atoms with Crippen LogP contribution in [-0.4, -0.2) is 54.3 Å². The van der Waals surface area contributed by atoms with E-state index in [0.29, 0.717) is 6.42 Å². The molecule has 7 heteroatoms. The topological polar surface area (TPSA) is 82.3 Å². The lowest BCUT2D eigenvalue weighted by Crippen LogP contribution is -2.51. The molecule has 4 rings (SSSR count). The summed E-state index contributed by atoms with van der Waals surface area (Å²) >= 11 is 0. The molecule has 3 heterocycles. The van der Waals surface area contributed by atoms with E-state index in [1.54, 1.807) is 0 Å². The van der Waals surface area contributed by atoms with Crippen molar-refractivity contribution in [1.82, 2.24) is 15.2 Å². The monoisotopic (exact) mass is 375 g/mol. The molecular weight excluding hydrogens is 350 g/mol. The highest BCUT2D eigenvalue weighted by atomic mass is 32.2. The zero-order chi connectivity index (χ0) is 18.5. The summed E-state index contributed by atoms with van der Waals surface area (Å²) < 4.78 is 23.5. The summed E-state index contributed by atoms with van der Waals surface area (Å²) in [5.41, 5.74) is 3.03. The number of para-hydroxylation sites is 1. The van der Waals surface area contributed by atoms with Gasteiger partial charge in [-0.1, -0.05) is 18.2 Å². The highest BCUT2D eigenvalue weighted by Gasteiger charge is 2.40. The number of fused-ring (bicyclic) bond motifs is 3. The second kappa shape index (κ2) is 6.09. The molecule has 2 N–H and O–H groups in total. The number of carbonyl (C=O) groups is 1. The lowest BCUT2D eigenvalue weighted by molar-refractivity contribution is -0.124. The number of hydrogen-bond donors (Lipinski definition) is 2. The lowest BCUT2D eigenvalue weighted by atomic mass is 9.98. The number of nitrogens with zero attached hydrogens (tertiary/aromatic N) is 1. The molecule has 0 saturated carbocycles. The Morgan fingerprint density at radius 2 is 2.15 bits per heavy atom. The Morgan fingerprint density at radius 1 is 1.38 bits per heavy atom. The van der Waals surface area contributed by atoms with Gasteiger partial charge in [0, 0.05) is 29.2 Å². The summed E-state index contributed by atoms with van der Waals surface area (Å²) in [5, 5.41) is 4.23. The molecule has 0 radical (unpaired) electrons. The Kier molecular flexibility index (Phi) is 4.11. The van der Waals surface area contributed by atoms with Gasteiger partial charge in [0.05, 0.1) is 23.6 Å². The Morgan fingerprint density at radius 3 is 2.88 bits per heavy atom. The Labute approximate surface area is 153 Å². The SMILES string of the molecule is CC1c2[nH]c3ccccc3c2CCN1CC(=O)NC1(C)CCS(=O)(=O)C1. The third-order valence-electron chi connectivity index (χ3n) is 5.75. The molecule has 1 amide bonds. The quantitative estimate of drug-likeness (QED) is 0.857. The summed E-state index contributed by atoms with van der Waals surface area (Å²) in [6, 6.07) is 8.42. The highest BCUT2D eigenvalue weighted by molar-refractivity contribution is 7.91. The van der Waals surface area contributed by atoms with Gasteiger partial charge in [0.25, 0.3) is 0 Å². The summed E-state index contributed by atoms with van der Waals surface area (Å²) in [6.45, 7) is 5.04. The van der Waals surface area contributed by atoms with Gasteiger partial charge < -0.3 is 10.3 Å². The number of aromatic amines is 1. The molecule has 6 nitrogen and oxygen atoms in total. The van der Waals surface area contributed by atoms with Crippen molar-refractivity contribution in [3.63, 3.8) is 0 Å². The van der Waals surface area contributed by atoms with Crippen molar-refractivity contribution in [2.24, 2.45) is 0 Å². The van der Waals surface area contributed by atoms with Crippen molar-refractivity contribution in [1.29, 1.82) is 0 Å². The smallest absolute Gasteiger partial charge is 0.234 e. The minimum atomic E-state index is -3.03. The maximum atomic E-state index is 12.6. The zero-order valence-corrected chi connectivity index (χ0v) is 16.0. The molecule has 140 valence electrons. The standard InChI is InChI=1S/C19H25N3O3S/c1-13-18-15(14-5-3-4-6-16(14)20-18)7-9-22(13)11-17(23)21-19(2)8-10-26(24,25)12-19/h3-6,13,20H,7-12H2,1-2H3,(H,21,23). The van der Waals surface area contributed by atoms with Crippen molar-refractivity contribution >= 4 is 26.6 Å². The maximum Gasteiger partial charge on any atom is 0.234 e. The first-order valence-electron chi connectivity index (χ1n) is 9.11. The molecule has 1 fully saturated rings. The van der Waals surface area contributed by atoms with Crippen LogP contribution in [0, 0.1) is 0 Å². The van der Waals surface area contributed by atoms with Gasteiger partial charge in [-0.3, -0.25) is 9.69 Å². The summed E-state index contributed by atoms with van der Waals surface area (Å²) in [4.78, 5) is 18.2. The van der Waals surface area contributed by atoms with Crippen LogP contribution in [0.1, 0.15) is 37.6 Å². The first-order valence-corrected chi connectivity index (χ1v) is 10.9. The number of amides is 1. The highest BCUT2D eigenvalue weighted by Crippen LogP contribution is 2.34. The van der Waals surface area contributed by atoms with Crippen LogP contribution in [0.2, 0.25) is 0 Å². The first-order chi connectivity index (χ1) is 12.3. The van der Waals surface area contributed by atoms with E-state index in [2.05, 4.69) is 40.3 Å². The molecule has 2 aromatic rings. The molecular formula is C19H25N3O3S. The van der Waals surface area contributed by atoms with E-state index in [-0.39, 0.29) is 30.0 Å². The Balaban J connectivity index is 1.47. The van der Waals surface area contributed by atoms with Gasteiger partial charge in [0.15, 0.2) is 9.84 Å². The fourth-order valence-corrected chi connectivity index (χ4v) is 6.46. The molecule has 0 bridgehead atoms. The zero-order valence-electron chi connectivity index (χ0n) is 15.2. The number of sulfone groups is 1. The number of H-pyrrole nitrogens is 1. The lowest BCUT2D eigenvalue weighted by Gasteiger charge is -2.34. The van der Waals surface area contributed by atoms with Gasteiger partial charge >= 0.3 is 0 Å². The Bertz CT molecular complexity index is 966. The Hall–Kier alpha value is -1.86. The minimum absolute atomic E-state index is 0.0352. The van der Waals surface area contributed by atoms with Crippen LogP contribution in [0.3, 0.4) is 0 Å². The number of rotatable bonds is 3. The van der Waals surface area contributed by atoms with E-state index < -0.39 is 15.4 Å². The fraction of sp³-hybridized carbons (Fsp3) is 0.526. The van der Waals surface area contributed by atoms with Gasteiger partial charge in [0.1, 0.15) is 0 Å². The van der Waals surface area contributed by atoms with Crippen LogP contribution < -0.4 is 5.32 Å². The normalized spacial score (nSPS) is 28.2. The molecule has 1 aromatic heterocycles. The van der Waals surface area contributed by atoms with E-state index in [1.807, 2.05) is 13.0 Å². The number of nitrogens with one attached hydrogen (secondary N) is 2. The molecule has 2 aliphatic heterocycles. The van der Waals surface area contributed by atoms with Crippen molar-refractivity contribution in [3.05, 3.63) is 35.5 Å². The predicted octanol–water partition coefficient (Wildman–Crippen LogP) is 1.78. The number of carbonyl (C=O) groups excluding carboxylic acids is 1. The second-order valence-corrected chi connectivity index (χ2v) is 10.1. The largest absolute Gasteiger partial charge is 0.357 e. The third kappa shape index (κ3) is 3.14. The van der Waals surface area contributed by atoms with Crippen LogP contribution >= 0.6 is 0 Å². The van der Waals surface area contributed by atoms with Crippen LogP contribution in [-0.2, 0) is 21.1 Å². The number of aromatic nitrogens is 1. The molecule has 0 spiro atoms. The van der Waals surface area contributed by atoms with Gasteiger partial charge in [-0.15, -0.1) is 0 Å². The van der Waals surface area contributed by atoms with E-state index in [4.69, 9.17) is 0 Å². The number of hydrogen-bond acceptors (Lipinski definition) is 4.